The molecule has 5 heterocycles. The number of pyridine rings is 2. The van der Waals surface area contributed by atoms with E-state index in [0.29, 0.717) is 12.4 Å². The molecule has 0 amide bonds. The van der Waals surface area contributed by atoms with Crippen LogP contribution in [0, 0.1) is 6.92 Å². The van der Waals surface area contributed by atoms with Gasteiger partial charge in [-0.3, -0.25) is 15.1 Å². The van der Waals surface area contributed by atoms with E-state index in [1.165, 1.54) is 9.75 Å². The molecule has 0 saturated heterocycles. The van der Waals surface area contributed by atoms with Gasteiger partial charge in [-0.1, -0.05) is 6.08 Å². The van der Waals surface area contributed by atoms with Gasteiger partial charge in [0.1, 0.15) is 18.1 Å². The number of likely N-dealkylation sites (N-methyl/N-ethyl adjacent to an activating group) is 1. The van der Waals surface area contributed by atoms with Crippen molar-refractivity contribution in [1.29, 1.82) is 0 Å². The Morgan fingerprint density at radius 3 is 2.71 bits per heavy atom. The Bertz CT molecular complexity index is 1730. The second-order valence-electron chi connectivity index (χ2n) is 9.26. The summed E-state index contributed by atoms with van der Waals surface area (Å²) in [6, 6.07) is 8.37. The van der Waals surface area contributed by atoms with Crippen molar-refractivity contribution in [1.82, 2.24) is 30.0 Å². The van der Waals surface area contributed by atoms with Crippen LogP contribution in [-0.4, -0.2) is 57.3 Å². The number of ether oxygens (including phenoxy) is 1. The molecule has 0 spiro atoms. The Morgan fingerprint density at radius 1 is 1.13 bits per heavy atom. The first kappa shape index (κ1) is 25.4. The molecule has 0 unspecified atom stereocenters. The zero-order chi connectivity index (χ0) is 26.6. The number of rotatable bonds is 8. The number of nitrogens with one attached hydrogen (secondary N) is 2. The first-order valence-corrected chi connectivity index (χ1v) is 13.2. The summed E-state index contributed by atoms with van der Waals surface area (Å²) in [6.45, 7) is 5.49. The Morgan fingerprint density at radius 2 is 1.97 bits per heavy atom. The number of aromatic nitrogens is 5. The molecule has 4 N–H and O–H groups in total. The third kappa shape index (κ3) is 5.25. The third-order valence-corrected chi connectivity index (χ3v) is 7.30. The van der Waals surface area contributed by atoms with Crippen molar-refractivity contribution in [2.45, 2.75) is 13.8 Å². The number of hydrogen-bond acceptors (Lipinski definition) is 7. The highest BCUT2D eigenvalue weighted by atomic mass is 32.1. The minimum absolute atomic E-state index is 0.576. The summed E-state index contributed by atoms with van der Waals surface area (Å²) < 4.78 is 5.89. The van der Waals surface area contributed by atoms with Crippen molar-refractivity contribution >= 4 is 40.0 Å². The molecule has 0 aliphatic carbocycles. The topological polar surface area (TPSA) is 109 Å². The average Bonchev–Trinajstić information content (AvgIpc) is 3.64. The van der Waals surface area contributed by atoms with E-state index in [4.69, 9.17) is 10.5 Å². The first-order chi connectivity index (χ1) is 18.5. The number of nitrogens with zero attached hydrogens (tertiary/aromatic N) is 4. The summed E-state index contributed by atoms with van der Waals surface area (Å²) >= 11 is 1.76. The molecule has 5 aromatic rings. The van der Waals surface area contributed by atoms with Crippen molar-refractivity contribution < 1.29 is 4.74 Å². The van der Waals surface area contributed by atoms with Crippen LogP contribution in [0.4, 0.5) is 0 Å². The van der Waals surface area contributed by atoms with Gasteiger partial charge >= 0.3 is 0 Å². The van der Waals surface area contributed by atoms with Gasteiger partial charge in [0.25, 0.3) is 0 Å². The molecule has 0 atom stereocenters. The number of aryl methyl sites for hydroxylation is 1. The molecule has 0 fully saturated rings. The average molecular weight is 526 g/mol. The monoisotopic (exact) mass is 525 g/mol. The number of fused-ring (bicyclic) bond motifs is 1. The summed E-state index contributed by atoms with van der Waals surface area (Å²) in [4.78, 5) is 16.9. The predicted octanol–water partition coefficient (Wildman–Crippen LogP) is 3.91. The van der Waals surface area contributed by atoms with Crippen LogP contribution >= 0.6 is 11.3 Å². The van der Waals surface area contributed by atoms with E-state index in [-0.39, 0.29) is 0 Å². The SMILES string of the molecule is C\C=c1/[nH]nc(-c2cc3c(-c4ccc(C)s4)cncc3[nH]2)/c1=C/C(=C\N)c1cncc(OCCN(C)C)c1. The summed E-state index contributed by atoms with van der Waals surface area (Å²) in [5.74, 6) is 0.700. The van der Waals surface area contributed by atoms with Gasteiger partial charge in [0.2, 0.25) is 0 Å². The van der Waals surface area contributed by atoms with Gasteiger partial charge in [-0.15, -0.1) is 11.3 Å². The molecule has 0 aliphatic heterocycles. The van der Waals surface area contributed by atoms with Crippen molar-refractivity contribution in [2.24, 2.45) is 5.73 Å². The minimum atomic E-state index is 0.576. The lowest BCUT2D eigenvalue weighted by molar-refractivity contribution is 0.260. The Hall–Kier alpha value is -4.21. The maximum absolute atomic E-state index is 6.11. The first-order valence-electron chi connectivity index (χ1n) is 12.4. The maximum atomic E-state index is 6.11. The van der Waals surface area contributed by atoms with E-state index in [9.17, 15) is 0 Å². The summed E-state index contributed by atoms with van der Waals surface area (Å²) in [7, 11) is 4.03. The zero-order valence-electron chi connectivity index (χ0n) is 21.9. The lowest BCUT2D eigenvalue weighted by Gasteiger charge is -2.11. The van der Waals surface area contributed by atoms with Gasteiger partial charge in [0.05, 0.1) is 29.0 Å². The van der Waals surface area contributed by atoms with Crippen LogP contribution in [0.5, 0.6) is 5.75 Å². The van der Waals surface area contributed by atoms with Crippen molar-refractivity contribution in [3.05, 3.63) is 76.3 Å². The molecule has 0 radical (unpaired) electrons. The van der Waals surface area contributed by atoms with E-state index in [2.05, 4.69) is 55.2 Å². The fourth-order valence-electron chi connectivity index (χ4n) is 4.27. The Labute approximate surface area is 225 Å². The van der Waals surface area contributed by atoms with E-state index in [1.54, 1.807) is 29.9 Å². The number of allylic oxidation sites excluding steroid dienone is 1. The number of thiophene rings is 1. The van der Waals surface area contributed by atoms with Crippen LogP contribution in [0.2, 0.25) is 0 Å². The summed E-state index contributed by atoms with van der Waals surface area (Å²) in [6.07, 6.45) is 12.9. The van der Waals surface area contributed by atoms with Gasteiger partial charge in [0, 0.05) is 56.6 Å². The third-order valence-electron chi connectivity index (χ3n) is 6.26. The van der Waals surface area contributed by atoms with Gasteiger partial charge in [0.15, 0.2) is 0 Å². The number of nitrogens with two attached hydrogens (primary N) is 1. The highest BCUT2D eigenvalue weighted by Crippen LogP contribution is 2.34. The Balaban J connectivity index is 1.56. The molecule has 0 saturated carbocycles. The fourth-order valence-corrected chi connectivity index (χ4v) is 5.17. The molecule has 8 nitrogen and oxygen atoms in total. The number of H-pyrrole nitrogens is 2. The van der Waals surface area contributed by atoms with E-state index in [1.807, 2.05) is 51.6 Å². The lowest BCUT2D eigenvalue weighted by Crippen LogP contribution is -2.23. The quantitative estimate of drug-likeness (QED) is 0.284. The molecule has 38 heavy (non-hydrogen) atoms. The van der Waals surface area contributed by atoms with Crippen LogP contribution in [0.25, 0.3) is 50.5 Å². The normalized spacial score (nSPS) is 13.2. The molecule has 5 aromatic heterocycles. The molecule has 9 heteroatoms. The highest BCUT2D eigenvalue weighted by molar-refractivity contribution is 7.15. The second-order valence-corrected chi connectivity index (χ2v) is 10.5. The van der Waals surface area contributed by atoms with Crippen LogP contribution < -0.4 is 21.0 Å². The van der Waals surface area contributed by atoms with Crippen molar-refractivity contribution in [2.75, 3.05) is 27.2 Å². The predicted molar refractivity (Wildman–Crippen MR) is 156 cm³/mol. The molecule has 0 aliphatic rings. The lowest BCUT2D eigenvalue weighted by atomic mass is 10.1. The molecule has 5 rings (SSSR count). The number of aromatic amines is 2. The maximum Gasteiger partial charge on any atom is 0.138 e. The van der Waals surface area contributed by atoms with Crippen molar-refractivity contribution in [3.63, 3.8) is 0 Å². The van der Waals surface area contributed by atoms with Gasteiger partial charge < -0.3 is 20.4 Å². The highest BCUT2D eigenvalue weighted by Gasteiger charge is 2.14. The van der Waals surface area contributed by atoms with Crippen LogP contribution in [0.15, 0.2) is 55.3 Å². The molecular formula is C29H31N7OS. The smallest absolute Gasteiger partial charge is 0.138 e. The summed E-state index contributed by atoms with van der Waals surface area (Å²) in [5, 5.41) is 10.8. The van der Waals surface area contributed by atoms with Crippen LogP contribution in [0.1, 0.15) is 17.4 Å². The standard InChI is InChI=1S/C29H31N7OS/c1-5-25-23(11-19(13-30)20-10-21(15-31-14-20)37-9-8-36(3)4)29(35-34-25)26-12-22-24(16-32-17-27(22)33-26)28-7-6-18(2)38-28/h5-7,10-17,33-34H,8-9,30H2,1-4H3/b19-13+,23-11+,25-5-. The molecule has 0 aromatic carbocycles. The van der Waals surface area contributed by atoms with E-state index < -0.39 is 0 Å². The van der Waals surface area contributed by atoms with Gasteiger partial charge in [-0.2, -0.15) is 5.10 Å². The van der Waals surface area contributed by atoms with Crippen LogP contribution in [-0.2, 0) is 0 Å². The van der Waals surface area contributed by atoms with Crippen molar-refractivity contribution in [3.8, 4) is 27.6 Å². The molecular weight excluding hydrogens is 494 g/mol. The summed E-state index contributed by atoms with van der Waals surface area (Å²) in [5.41, 5.74) is 11.5. The molecule has 194 valence electrons. The van der Waals surface area contributed by atoms with Crippen LogP contribution in [0.3, 0.4) is 0 Å². The Kier molecular flexibility index (Phi) is 7.39. The van der Waals surface area contributed by atoms with Gasteiger partial charge in [-0.05, 0) is 63.9 Å². The minimum Gasteiger partial charge on any atom is -0.491 e. The molecule has 0 bridgehead atoms. The van der Waals surface area contributed by atoms with Gasteiger partial charge in [-0.25, -0.2) is 0 Å². The van der Waals surface area contributed by atoms with E-state index >= 15 is 0 Å². The van der Waals surface area contributed by atoms with E-state index in [0.717, 1.165) is 56.1 Å². The fraction of sp³-hybridized carbons (Fsp3) is 0.207. The zero-order valence-corrected chi connectivity index (χ0v) is 22.8. The number of hydrogen-bond donors (Lipinski definition) is 3. The second kappa shape index (κ2) is 11.0. The largest absolute Gasteiger partial charge is 0.491 e.